The third kappa shape index (κ3) is 11.9. The first-order valence-corrected chi connectivity index (χ1v) is 6.88. The summed E-state index contributed by atoms with van der Waals surface area (Å²) in [6, 6.07) is 0. The summed E-state index contributed by atoms with van der Waals surface area (Å²) in [4.78, 5) is 10.6. The fourth-order valence-corrected chi connectivity index (χ4v) is 1.42. The van der Waals surface area contributed by atoms with Crippen molar-refractivity contribution in [1.29, 1.82) is 0 Å². The average molecular weight is 259 g/mol. The number of carbonyl (C=O) groups is 1. The number of hydrogen-bond acceptors (Lipinski definition) is 3. The lowest BCUT2D eigenvalue weighted by Crippen LogP contribution is -2.27. The first kappa shape index (κ1) is 17.4. The molecule has 0 aromatic rings. The molecule has 0 bridgehead atoms. The van der Waals surface area contributed by atoms with Gasteiger partial charge in [-0.2, -0.15) is 0 Å². The molecule has 0 heterocycles. The van der Waals surface area contributed by atoms with Crippen LogP contribution in [0.25, 0.3) is 0 Å². The maximum absolute atomic E-state index is 10.6. The predicted molar refractivity (Wildman–Crippen MR) is 73.6 cm³/mol. The van der Waals surface area contributed by atoms with Gasteiger partial charge in [0.15, 0.2) is 0 Å². The molecule has 18 heavy (non-hydrogen) atoms. The summed E-state index contributed by atoms with van der Waals surface area (Å²) in [7, 11) is 0. The Kier molecular flexibility index (Phi) is 9.98. The van der Waals surface area contributed by atoms with Crippen LogP contribution in [0.4, 0.5) is 0 Å². The summed E-state index contributed by atoms with van der Waals surface area (Å²) in [6.07, 6.45) is 3.14. The molecular formula is C14H29NO3. The molecule has 0 fully saturated rings. The zero-order valence-electron chi connectivity index (χ0n) is 12.4. The molecule has 0 aliphatic carbocycles. The van der Waals surface area contributed by atoms with Crippen molar-refractivity contribution in [2.24, 2.45) is 5.41 Å². The van der Waals surface area contributed by atoms with Crippen molar-refractivity contribution in [3.63, 3.8) is 0 Å². The van der Waals surface area contributed by atoms with Crippen LogP contribution in [0.5, 0.6) is 0 Å². The number of amides is 1. The van der Waals surface area contributed by atoms with E-state index in [1.165, 1.54) is 13.3 Å². The van der Waals surface area contributed by atoms with Gasteiger partial charge in [-0.05, 0) is 12.8 Å². The molecule has 0 saturated heterocycles. The van der Waals surface area contributed by atoms with Gasteiger partial charge in [-0.25, -0.2) is 0 Å². The molecule has 0 saturated carbocycles. The maximum Gasteiger partial charge on any atom is 0.216 e. The molecule has 0 aliphatic heterocycles. The number of carbonyl (C=O) groups excluding carboxylic acids is 1. The first-order valence-electron chi connectivity index (χ1n) is 6.88. The van der Waals surface area contributed by atoms with Gasteiger partial charge in [-0.3, -0.25) is 4.79 Å². The van der Waals surface area contributed by atoms with Crippen LogP contribution in [0.2, 0.25) is 0 Å². The second-order valence-electron chi connectivity index (χ2n) is 5.46. The number of nitrogens with one attached hydrogen (secondary N) is 1. The second kappa shape index (κ2) is 10.3. The van der Waals surface area contributed by atoms with E-state index in [1.54, 1.807) is 0 Å². The Morgan fingerprint density at radius 2 is 1.67 bits per heavy atom. The lowest BCUT2D eigenvalue weighted by atomic mass is 9.96. The molecule has 0 aromatic carbocycles. The largest absolute Gasteiger partial charge is 0.381 e. The van der Waals surface area contributed by atoms with E-state index in [9.17, 15) is 4.79 Å². The number of rotatable bonds is 11. The van der Waals surface area contributed by atoms with Gasteiger partial charge < -0.3 is 14.8 Å². The van der Waals surface area contributed by atoms with E-state index < -0.39 is 0 Å². The Morgan fingerprint density at radius 3 is 2.17 bits per heavy atom. The van der Waals surface area contributed by atoms with Gasteiger partial charge in [-0.1, -0.05) is 27.2 Å². The maximum atomic E-state index is 10.6. The highest BCUT2D eigenvalue weighted by Crippen LogP contribution is 2.16. The van der Waals surface area contributed by atoms with E-state index in [2.05, 4.69) is 26.1 Å². The van der Waals surface area contributed by atoms with Crippen LogP contribution in [0.3, 0.4) is 0 Å². The van der Waals surface area contributed by atoms with Crippen LogP contribution < -0.4 is 5.32 Å². The molecule has 1 N–H and O–H groups in total. The van der Waals surface area contributed by atoms with Gasteiger partial charge in [0.25, 0.3) is 0 Å². The molecule has 0 aromatic heterocycles. The quantitative estimate of drug-likeness (QED) is 0.579. The highest BCUT2D eigenvalue weighted by Gasteiger charge is 2.18. The zero-order chi connectivity index (χ0) is 13.9. The molecule has 108 valence electrons. The van der Waals surface area contributed by atoms with Gasteiger partial charge in [0.1, 0.15) is 0 Å². The Morgan fingerprint density at radius 1 is 1.11 bits per heavy atom. The third-order valence-corrected chi connectivity index (χ3v) is 2.47. The van der Waals surface area contributed by atoms with Crippen LogP contribution >= 0.6 is 0 Å². The van der Waals surface area contributed by atoms with Crippen LogP contribution in [0.1, 0.15) is 47.0 Å². The van der Waals surface area contributed by atoms with Crippen molar-refractivity contribution >= 4 is 5.91 Å². The van der Waals surface area contributed by atoms with E-state index >= 15 is 0 Å². The molecule has 0 radical (unpaired) electrons. The van der Waals surface area contributed by atoms with Gasteiger partial charge in [0.05, 0.1) is 13.2 Å². The molecule has 0 atom stereocenters. The molecule has 0 unspecified atom stereocenters. The fraction of sp³-hybridized carbons (Fsp3) is 0.929. The molecule has 4 heteroatoms. The smallest absolute Gasteiger partial charge is 0.216 e. The monoisotopic (exact) mass is 259 g/mol. The summed E-state index contributed by atoms with van der Waals surface area (Å²) in [5.41, 5.74) is 0.0573. The van der Waals surface area contributed by atoms with Crippen molar-refractivity contribution in [3.8, 4) is 0 Å². The minimum absolute atomic E-state index is 0.0136. The summed E-state index contributed by atoms with van der Waals surface area (Å²) < 4.78 is 11.2. The van der Waals surface area contributed by atoms with Gasteiger partial charge in [0, 0.05) is 32.1 Å². The lowest BCUT2D eigenvalue weighted by Gasteiger charge is -2.24. The van der Waals surface area contributed by atoms with E-state index in [1.807, 2.05) is 0 Å². The van der Waals surface area contributed by atoms with Gasteiger partial charge in [-0.15, -0.1) is 0 Å². The Hall–Kier alpha value is -0.610. The van der Waals surface area contributed by atoms with Gasteiger partial charge in [0.2, 0.25) is 5.91 Å². The molecule has 4 nitrogen and oxygen atoms in total. The summed E-state index contributed by atoms with van der Waals surface area (Å²) >= 11 is 0. The van der Waals surface area contributed by atoms with Crippen LogP contribution in [-0.4, -0.2) is 38.9 Å². The summed E-state index contributed by atoms with van der Waals surface area (Å²) in [5, 5.41) is 2.75. The minimum Gasteiger partial charge on any atom is -0.381 e. The van der Waals surface area contributed by atoms with E-state index in [-0.39, 0.29) is 11.3 Å². The van der Waals surface area contributed by atoms with Crippen molar-refractivity contribution in [2.45, 2.75) is 47.0 Å². The highest BCUT2D eigenvalue weighted by atomic mass is 16.5. The molecule has 0 spiro atoms. The summed E-state index contributed by atoms with van der Waals surface area (Å²) in [5.74, 6) is 0.0136. The molecule has 1 amide bonds. The van der Waals surface area contributed by atoms with Gasteiger partial charge >= 0.3 is 0 Å². The Balaban J connectivity index is 3.42. The predicted octanol–water partition coefficient (Wildman–Crippen LogP) is 2.37. The number of hydrogen-bond donors (Lipinski definition) is 1. The SMILES string of the molecule is CCCCOCC(C)(C)COCCCNC(C)=O. The van der Waals surface area contributed by atoms with Crippen molar-refractivity contribution in [3.05, 3.63) is 0 Å². The second-order valence-corrected chi connectivity index (χ2v) is 5.46. The minimum atomic E-state index is 0.0136. The number of ether oxygens (including phenoxy) is 2. The zero-order valence-corrected chi connectivity index (χ0v) is 12.4. The highest BCUT2D eigenvalue weighted by molar-refractivity contribution is 5.72. The van der Waals surface area contributed by atoms with Crippen molar-refractivity contribution in [2.75, 3.05) is 33.0 Å². The average Bonchev–Trinajstić information content (AvgIpc) is 2.29. The Bertz CT molecular complexity index is 217. The fourth-order valence-electron chi connectivity index (χ4n) is 1.42. The number of unbranched alkanes of at least 4 members (excludes halogenated alkanes) is 1. The van der Waals surface area contributed by atoms with Crippen LogP contribution in [0.15, 0.2) is 0 Å². The van der Waals surface area contributed by atoms with Crippen LogP contribution in [-0.2, 0) is 14.3 Å². The standard InChI is InChI=1S/C14H29NO3/c1-5-6-9-17-11-14(3,4)12-18-10-7-8-15-13(2)16/h5-12H2,1-4H3,(H,15,16). The van der Waals surface area contributed by atoms with Crippen LogP contribution in [0, 0.1) is 5.41 Å². The molecule has 0 aliphatic rings. The van der Waals surface area contributed by atoms with E-state index in [0.29, 0.717) is 19.8 Å². The molecular weight excluding hydrogens is 230 g/mol. The van der Waals surface area contributed by atoms with Crippen molar-refractivity contribution in [1.82, 2.24) is 5.32 Å². The lowest BCUT2D eigenvalue weighted by molar-refractivity contribution is -0.119. The first-order chi connectivity index (χ1) is 8.48. The van der Waals surface area contributed by atoms with Crippen molar-refractivity contribution < 1.29 is 14.3 Å². The Labute approximate surface area is 111 Å². The normalized spacial score (nSPS) is 11.6. The molecule has 0 rings (SSSR count). The van der Waals surface area contributed by atoms with E-state index in [4.69, 9.17) is 9.47 Å². The van der Waals surface area contributed by atoms with E-state index in [0.717, 1.165) is 26.1 Å². The summed E-state index contributed by atoms with van der Waals surface area (Å²) in [6.45, 7) is 11.6. The topological polar surface area (TPSA) is 47.6 Å². The third-order valence-electron chi connectivity index (χ3n) is 2.47.